The Bertz CT molecular complexity index is 714. The molecule has 0 fully saturated rings. The van der Waals surface area contributed by atoms with Crippen LogP contribution in [0.25, 0.3) is 0 Å². The molecule has 0 atom stereocenters. The second-order valence-corrected chi connectivity index (χ2v) is 6.11. The van der Waals surface area contributed by atoms with Gasteiger partial charge in [-0.1, -0.05) is 29.8 Å². The highest BCUT2D eigenvalue weighted by Crippen LogP contribution is 2.26. The van der Waals surface area contributed by atoms with Crippen molar-refractivity contribution in [1.82, 2.24) is 0 Å². The zero-order chi connectivity index (χ0) is 14.0. The van der Waals surface area contributed by atoms with Gasteiger partial charge in [-0.25, -0.2) is 8.42 Å². The van der Waals surface area contributed by atoms with Gasteiger partial charge in [0.05, 0.1) is 16.3 Å². The lowest BCUT2D eigenvalue weighted by atomic mass is 10.2. The van der Waals surface area contributed by atoms with Crippen LogP contribution < -0.4 is 10.5 Å². The third-order valence-corrected chi connectivity index (χ3v) is 4.63. The van der Waals surface area contributed by atoms with Crippen molar-refractivity contribution < 1.29 is 8.42 Å². The molecule has 0 saturated heterocycles. The Kier molecular flexibility index (Phi) is 3.68. The molecule has 0 radical (unpaired) electrons. The molecule has 0 aromatic heterocycles. The van der Waals surface area contributed by atoms with Gasteiger partial charge in [0.2, 0.25) is 0 Å². The quantitative estimate of drug-likeness (QED) is 0.855. The summed E-state index contributed by atoms with van der Waals surface area (Å²) >= 11 is 5.94. The Morgan fingerprint density at radius 3 is 2.47 bits per heavy atom. The maximum Gasteiger partial charge on any atom is 0.262 e. The topological polar surface area (TPSA) is 72.2 Å². The lowest BCUT2D eigenvalue weighted by Gasteiger charge is -2.12. The number of halogens is 1. The number of nitrogen functional groups attached to an aromatic ring is 1. The summed E-state index contributed by atoms with van der Waals surface area (Å²) in [6.07, 6.45) is 0. The third kappa shape index (κ3) is 2.83. The lowest BCUT2D eigenvalue weighted by Crippen LogP contribution is -2.15. The Morgan fingerprint density at radius 2 is 1.79 bits per heavy atom. The van der Waals surface area contributed by atoms with Gasteiger partial charge in [-0.05, 0) is 36.8 Å². The number of hydrogen-bond acceptors (Lipinski definition) is 3. The number of hydrogen-bond donors (Lipinski definition) is 2. The Morgan fingerprint density at radius 1 is 1.11 bits per heavy atom. The molecule has 0 aliphatic carbocycles. The molecular formula is C13H13ClN2O2S. The van der Waals surface area contributed by atoms with Gasteiger partial charge in [0.25, 0.3) is 10.0 Å². The highest BCUT2D eigenvalue weighted by molar-refractivity contribution is 7.92. The smallest absolute Gasteiger partial charge is 0.262 e. The molecule has 0 bridgehead atoms. The molecule has 4 nitrogen and oxygen atoms in total. The van der Waals surface area contributed by atoms with Crippen molar-refractivity contribution in [3.05, 3.63) is 53.1 Å². The minimum atomic E-state index is -3.70. The molecule has 0 spiro atoms. The fraction of sp³-hybridized carbons (Fsp3) is 0.0769. The van der Waals surface area contributed by atoms with E-state index in [1.807, 2.05) is 0 Å². The van der Waals surface area contributed by atoms with Crippen molar-refractivity contribution in [2.24, 2.45) is 0 Å². The summed E-state index contributed by atoms with van der Waals surface area (Å²) in [4.78, 5) is 0.142. The molecule has 0 aliphatic heterocycles. The summed E-state index contributed by atoms with van der Waals surface area (Å²) in [6, 6.07) is 11.4. The van der Waals surface area contributed by atoms with E-state index in [9.17, 15) is 8.42 Å². The van der Waals surface area contributed by atoms with Crippen LogP contribution in [0.15, 0.2) is 47.4 Å². The second kappa shape index (κ2) is 5.11. The van der Waals surface area contributed by atoms with Gasteiger partial charge in [0.1, 0.15) is 0 Å². The first kappa shape index (κ1) is 13.7. The van der Waals surface area contributed by atoms with Crippen LogP contribution in [0.5, 0.6) is 0 Å². The zero-order valence-electron chi connectivity index (χ0n) is 10.2. The monoisotopic (exact) mass is 296 g/mol. The van der Waals surface area contributed by atoms with E-state index in [4.69, 9.17) is 17.3 Å². The van der Waals surface area contributed by atoms with Crippen molar-refractivity contribution in [2.45, 2.75) is 11.8 Å². The fourth-order valence-electron chi connectivity index (χ4n) is 1.67. The van der Waals surface area contributed by atoms with Gasteiger partial charge in [-0.2, -0.15) is 0 Å². The first-order chi connectivity index (χ1) is 8.92. The van der Waals surface area contributed by atoms with Crippen LogP contribution in [0.3, 0.4) is 0 Å². The van der Waals surface area contributed by atoms with E-state index in [0.717, 1.165) is 0 Å². The number of nitrogens with one attached hydrogen (secondary N) is 1. The first-order valence-electron chi connectivity index (χ1n) is 5.54. The van der Waals surface area contributed by atoms with Crippen LogP contribution in [0.2, 0.25) is 5.02 Å². The van der Waals surface area contributed by atoms with Crippen LogP contribution in [0.4, 0.5) is 11.4 Å². The summed E-state index contributed by atoms with van der Waals surface area (Å²) in [7, 11) is -3.70. The highest BCUT2D eigenvalue weighted by Gasteiger charge is 2.18. The largest absolute Gasteiger partial charge is 0.397 e. The van der Waals surface area contributed by atoms with Gasteiger partial charge in [0.15, 0.2) is 0 Å². The number of rotatable bonds is 3. The van der Waals surface area contributed by atoms with Crippen molar-refractivity contribution in [3.8, 4) is 0 Å². The standard InChI is InChI=1S/C13H13ClN2O2S/c1-9-10(14)5-4-8-13(9)19(17,18)16-12-7-3-2-6-11(12)15/h2-8,16H,15H2,1H3. The fourth-order valence-corrected chi connectivity index (χ4v) is 3.26. The van der Waals surface area contributed by atoms with Gasteiger partial charge in [-0.15, -0.1) is 0 Å². The number of para-hydroxylation sites is 2. The summed E-state index contributed by atoms with van der Waals surface area (Å²) in [5.41, 5.74) is 6.94. The van der Waals surface area contributed by atoms with Crippen LogP contribution in [-0.2, 0) is 10.0 Å². The minimum absolute atomic E-state index is 0.142. The van der Waals surface area contributed by atoms with Crippen LogP contribution >= 0.6 is 11.6 Å². The molecule has 100 valence electrons. The average Bonchev–Trinajstić information content (AvgIpc) is 2.35. The average molecular weight is 297 g/mol. The van der Waals surface area contributed by atoms with E-state index >= 15 is 0 Å². The first-order valence-corrected chi connectivity index (χ1v) is 7.40. The van der Waals surface area contributed by atoms with Crippen LogP contribution in [0, 0.1) is 6.92 Å². The predicted octanol–water partition coefficient (Wildman–Crippen LogP) is 3.03. The molecule has 0 unspecified atom stereocenters. The molecule has 0 saturated carbocycles. The van der Waals surface area contributed by atoms with E-state index in [1.165, 1.54) is 6.07 Å². The lowest BCUT2D eigenvalue weighted by molar-refractivity contribution is 0.600. The number of anilines is 2. The van der Waals surface area contributed by atoms with Gasteiger partial charge < -0.3 is 5.73 Å². The zero-order valence-corrected chi connectivity index (χ0v) is 11.8. The molecule has 6 heteroatoms. The molecule has 19 heavy (non-hydrogen) atoms. The molecule has 0 aliphatic rings. The number of benzene rings is 2. The molecule has 3 N–H and O–H groups in total. The Hall–Kier alpha value is -1.72. The number of sulfonamides is 1. The summed E-state index contributed by atoms with van der Waals surface area (Å²) in [5.74, 6) is 0. The summed E-state index contributed by atoms with van der Waals surface area (Å²) in [6.45, 7) is 1.66. The van der Waals surface area contributed by atoms with E-state index < -0.39 is 10.0 Å². The van der Waals surface area contributed by atoms with E-state index in [-0.39, 0.29) is 4.90 Å². The Labute approximate surface area is 117 Å². The second-order valence-electron chi connectivity index (χ2n) is 4.06. The molecule has 2 rings (SSSR count). The molecular weight excluding hydrogens is 284 g/mol. The number of nitrogens with two attached hydrogens (primary N) is 1. The maximum atomic E-state index is 12.3. The maximum absolute atomic E-state index is 12.3. The van der Waals surface area contributed by atoms with E-state index in [1.54, 1.807) is 43.3 Å². The highest BCUT2D eigenvalue weighted by atomic mass is 35.5. The van der Waals surface area contributed by atoms with Gasteiger partial charge >= 0.3 is 0 Å². The van der Waals surface area contributed by atoms with Crippen molar-refractivity contribution in [2.75, 3.05) is 10.5 Å². The van der Waals surface area contributed by atoms with E-state index in [2.05, 4.69) is 4.72 Å². The minimum Gasteiger partial charge on any atom is -0.397 e. The van der Waals surface area contributed by atoms with Crippen molar-refractivity contribution in [3.63, 3.8) is 0 Å². The van der Waals surface area contributed by atoms with E-state index in [0.29, 0.717) is 22.0 Å². The predicted molar refractivity (Wildman–Crippen MR) is 77.9 cm³/mol. The van der Waals surface area contributed by atoms with Gasteiger partial charge in [0, 0.05) is 5.02 Å². The molecule has 2 aromatic carbocycles. The van der Waals surface area contributed by atoms with Gasteiger partial charge in [-0.3, -0.25) is 4.72 Å². The van der Waals surface area contributed by atoms with Crippen molar-refractivity contribution in [1.29, 1.82) is 0 Å². The summed E-state index contributed by atoms with van der Waals surface area (Å²) in [5, 5.41) is 0.406. The molecule has 2 aromatic rings. The Balaban J connectivity index is 2.44. The summed E-state index contributed by atoms with van der Waals surface area (Å²) < 4.78 is 27.1. The normalized spacial score (nSPS) is 11.3. The van der Waals surface area contributed by atoms with Crippen LogP contribution in [-0.4, -0.2) is 8.42 Å². The molecule has 0 amide bonds. The van der Waals surface area contributed by atoms with Crippen molar-refractivity contribution >= 4 is 33.0 Å². The van der Waals surface area contributed by atoms with Crippen LogP contribution in [0.1, 0.15) is 5.56 Å². The third-order valence-electron chi connectivity index (χ3n) is 2.71. The SMILES string of the molecule is Cc1c(Cl)cccc1S(=O)(=O)Nc1ccccc1N. The molecule has 0 heterocycles.